The summed E-state index contributed by atoms with van der Waals surface area (Å²) in [6.07, 6.45) is 1.87. The molecule has 3 rings (SSSR count). The van der Waals surface area contributed by atoms with Crippen LogP contribution in [0.25, 0.3) is 16.9 Å². The molecule has 27 heavy (non-hydrogen) atoms. The Kier molecular flexibility index (Phi) is 6.14. The van der Waals surface area contributed by atoms with Crippen LogP contribution in [0.4, 0.5) is 4.39 Å². The number of hydrogen-bond acceptors (Lipinski definition) is 2. The van der Waals surface area contributed by atoms with E-state index >= 15 is 0 Å². The highest BCUT2D eigenvalue weighted by Crippen LogP contribution is 2.27. The number of nitrogens with one attached hydrogen (secondary N) is 1. The third-order valence-corrected chi connectivity index (χ3v) is 4.78. The molecular weight excluding hydrogens is 388 g/mol. The number of halogens is 3. The molecule has 0 saturated heterocycles. The fraction of sp³-hybridized carbons (Fsp3) is 0.200. The Morgan fingerprint density at radius 2 is 1.85 bits per heavy atom. The topological polar surface area (TPSA) is 46.9 Å². The molecule has 0 bridgehead atoms. The molecule has 2 aromatic carbocycles. The maximum Gasteiger partial charge on any atom is 0.270 e. The first-order valence-corrected chi connectivity index (χ1v) is 9.35. The second-order valence-corrected chi connectivity index (χ2v) is 6.86. The second-order valence-electron chi connectivity index (χ2n) is 6.04. The van der Waals surface area contributed by atoms with E-state index in [0.29, 0.717) is 39.2 Å². The second kappa shape index (κ2) is 8.55. The van der Waals surface area contributed by atoms with Crippen LogP contribution in [0.5, 0.6) is 0 Å². The summed E-state index contributed by atoms with van der Waals surface area (Å²) < 4.78 is 14.7. The Morgan fingerprint density at radius 3 is 2.52 bits per heavy atom. The van der Waals surface area contributed by atoms with E-state index in [0.717, 1.165) is 12.8 Å². The lowest BCUT2D eigenvalue weighted by molar-refractivity contribution is 0.0945. The van der Waals surface area contributed by atoms with Crippen LogP contribution in [0.2, 0.25) is 10.0 Å². The Bertz CT molecular complexity index is 954. The number of aromatic nitrogens is 2. The van der Waals surface area contributed by atoms with E-state index in [4.69, 9.17) is 23.2 Å². The lowest BCUT2D eigenvalue weighted by Crippen LogP contribution is -2.26. The standard InChI is InChI=1S/C20H18Cl2FN3O/c1-2-3-10-24-20(27)19-12-18(13-4-6-14(23)7-5-13)25-26(19)15-8-9-16(21)17(22)11-15/h4-9,11-12H,2-3,10H2,1H3,(H,24,27). The average Bonchev–Trinajstić information content (AvgIpc) is 3.10. The Balaban J connectivity index is 2.04. The number of unbranched alkanes of at least 4 members (excludes halogenated alkanes) is 1. The van der Waals surface area contributed by atoms with Crippen molar-refractivity contribution in [3.05, 3.63) is 70.1 Å². The zero-order valence-electron chi connectivity index (χ0n) is 14.7. The van der Waals surface area contributed by atoms with Gasteiger partial charge in [0.05, 0.1) is 21.4 Å². The molecule has 1 N–H and O–H groups in total. The van der Waals surface area contributed by atoms with Gasteiger partial charge in [-0.05, 0) is 55.0 Å². The van der Waals surface area contributed by atoms with Crippen LogP contribution in [0.15, 0.2) is 48.5 Å². The van der Waals surface area contributed by atoms with E-state index in [1.807, 2.05) is 0 Å². The molecule has 1 amide bonds. The summed E-state index contributed by atoms with van der Waals surface area (Å²) in [4.78, 5) is 12.7. The van der Waals surface area contributed by atoms with E-state index in [1.54, 1.807) is 36.4 Å². The van der Waals surface area contributed by atoms with Crippen molar-refractivity contribution in [3.63, 3.8) is 0 Å². The SMILES string of the molecule is CCCCNC(=O)c1cc(-c2ccc(F)cc2)nn1-c1ccc(Cl)c(Cl)c1. The van der Waals surface area contributed by atoms with Crippen molar-refractivity contribution in [1.82, 2.24) is 15.1 Å². The maximum atomic E-state index is 13.2. The molecule has 0 atom stereocenters. The van der Waals surface area contributed by atoms with Gasteiger partial charge in [-0.25, -0.2) is 9.07 Å². The number of rotatable bonds is 6. The predicted octanol–water partition coefficient (Wildman–Crippen LogP) is 5.52. The lowest BCUT2D eigenvalue weighted by atomic mass is 10.1. The molecule has 140 valence electrons. The minimum Gasteiger partial charge on any atom is -0.351 e. The quantitative estimate of drug-likeness (QED) is 0.549. The zero-order chi connectivity index (χ0) is 19.4. The Labute approximate surface area is 166 Å². The van der Waals surface area contributed by atoms with E-state index in [2.05, 4.69) is 17.3 Å². The molecule has 0 aliphatic rings. The number of carbonyl (C=O) groups excluding carboxylic acids is 1. The molecule has 7 heteroatoms. The van der Waals surface area contributed by atoms with Crippen LogP contribution in [-0.4, -0.2) is 22.2 Å². The Hall–Kier alpha value is -2.37. The molecule has 0 spiro atoms. The van der Waals surface area contributed by atoms with Crippen molar-refractivity contribution < 1.29 is 9.18 Å². The molecular formula is C20H18Cl2FN3O. The van der Waals surface area contributed by atoms with Crippen LogP contribution in [-0.2, 0) is 0 Å². The highest BCUT2D eigenvalue weighted by molar-refractivity contribution is 6.42. The minimum atomic E-state index is -0.333. The van der Waals surface area contributed by atoms with Gasteiger partial charge < -0.3 is 5.32 Å². The third-order valence-electron chi connectivity index (χ3n) is 4.05. The summed E-state index contributed by atoms with van der Waals surface area (Å²) in [5, 5.41) is 8.21. The van der Waals surface area contributed by atoms with Crippen LogP contribution in [0.3, 0.4) is 0 Å². The molecule has 1 heterocycles. The van der Waals surface area contributed by atoms with Gasteiger partial charge in [0, 0.05) is 12.1 Å². The fourth-order valence-corrected chi connectivity index (χ4v) is 2.88. The molecule has 0 aliphatic heterocycles. The van der Waals surface area contributed by atoms with Gasteiger partial charge >= 0.3 is 0 Å². The largest absolute Gasteiger partial charge is 0.351 e. The Morgan fingerprint density at radius 1 is 1.11 bits per heavy atom. The smallest absolute Gasteiger partial charge is 0.270 e. The number of hydrogen-bond donors (Lipinski definition) is 1. The van der Waals surface area contributed by atoms with E-state index < -0.39 is 0 Å². The van der Waals surface area contributed by atoms with Crippen molar-refractivity contribution in [3.8, 4) is 16.9 Å². The summed E-state index contributed by atoms with van der Waals surface area (Å²) >= 11 is 12.1. The summed E-state index contributed by atoms with van der Waals surface area (Å²) in [7, 11) is 0. The fourth-order valence-electron chi connectivity index (χ4n) is 2.59. The average molecular weight is 406 g/mol. The van der Waals surface area contributed by atoms with E-state index in [-0.39, 0.29) is 11.7 Å². The van der Waals surface area contributed by atoms with Gasteiger partial charge in [0.15, 0.2) is 0 Å². The first kappa shape index (κ1) is 19.4. The molecule has 0 aliphatic carbocycles. The number of carbonyl (C=O) groups is 1. The van der Waals surface area contributed by atoms with Crippen LogP contribution in [0.1, 0.15) is 30.3 Å². The number of benzene rings is 2. The summed E-state index contributed by atoms with van der Waals surface area (Å²) in [5.41, 5.74) is 2.24. The zero-order valence-corrected chi connectivity index (χ0v) is 16.2. The first-order valence-electron chi connectivity index (χ1n) is 8.59. The molecule has 4 nitrogen and oxygen atoms in total. The van der Waals surface area contributed by atoms with Gasteiger partial charge in [-0.2, -0.15) is 5.10 Å². The monoisotopic (exact) mass is 405 g/mol. The number of nitrogens with zero attached hydrogens (tertiary/aromatic N) is 2. The summed E-state index contributed by atoms with van der Waals surface area (Å²) in [6.45, 7) is 2.63. The van der Waals surface area contributed by atoms with Crippen molar-refractivity contribution in [2.45, 2.75) is 19.8 Å². The predicted molar refractivity (Wildman–Crippen MR) is 106 cm³/mol. The third kappa shape index (κ3) is 4.49. The lowest BCUT2D eigenvalue weighted by Gasteiger charge is -2.09. The van der Waals surface area contributed by atoms with E-state index in [1.165, 1.54) is 16.8 Å². The van der Waals surface area contributed by atoms with Crippen molar-refractivity contribution >= 4 is 29.1 Å². The van der Waals surface area contributed by atoms with E-state index in [9.17, 15) is 9.18 Å². The highest BCUT2D eigenvalue weighted by Gasteiger charge is 2.18. The summed E-state index contributed by atoms with van der Waals surface area (Å²) in [5.74, 6) is -0.574. The minimum absolute atomic E-state index is 0.240. The van der Waals surface area contributed by atoms with Crippen LogP contribution in [0, 0.1) is 5.82 Å². The van der Waals surface area contributed by atoms with Crippen molar-refractivity contribution in [2.24, 2.45) is 0 Å². The highest BCUT2D eigenvalue weighted by atomic mass is 35.5. The maximum absolute atomic E-state index is 13.2. The number of amides is 1. The van der Waals surface area contributed by atoms with Gasteiger partial charge in [-0.1, -0.05) is 36.5 Å². The van der Waals surface area contributed by atoms with Crippen molar-refractivity contribution in [1.29, 1.82) is 0 Å². The molecule has 0 fully saturated rings. The van der Waals surface area contributed by atoms with Crippen molar-refractivity contribution in [2.75, 3.05) is 6.54 Å². The molecule has 0 saturated carbocycles. The van der Waals surface area contributed by atoms with Crippen LogP contribution < -0.4 is 5.32 Å². The summed E-state index contributed by atoms with van der Waals surface area (Å²) in [6, 6.07) is 12.7. The van der Waals surface area contributed by atoms with Gasteiger partial charge in [0.25, 0.3) is 5.91 Å². The molecule has 0 radical (unpaired) electrons. The normalized spacial score (nSPS) is 10.8. The molecule has 0 unspecified atom stereocenters. The first-order chi connectivity index (χ1) is 13.0. The molecule has 3 aromatic rings. The van der Waals surface area contributed by atoms with Gasteiger partial charge in [-0.15, -0.1) is 0 Å². The van der Waals surface area contributed by atoms with Gasteiger partial charge in [0.1, 0.15) is 11.5 Å². The molecule has 1 aromatic heterocycles. The van der Waals surface area contributed by atoms with Crippen LogP contribution >= 0.6 is 23.2 Å². The van der Waals surface area contributed by atoms with Gasteiger partial charge in [0.2, 0.25) is 0 Å². The van der Waals surface area contributed by atoms with Gasteiger partial charge in [-0.3, -0.25) is 4.79 Å².